The Balaban J connectivity index is 2.89. The van der Waals surface area contributed by atoms with Crippen molar-refractivity contribution in [1.82, 2.24) is 0 Å². The van der Waals surface area contributed by atoms with E-state index in [0.717, 1.165) is 0 Å². The summed E-state index contributed by atoms with van der Waals surface area (Å²) in [6, 6.07) is 4.22. The van der Waals surface area contributed by atoms with Crippen LogP contribution < -0.4 is 5.32 Å². The fourth-order valence-corrected chi connectivity index (χ4v) is 1.31. The number of ether oxygens (including phenoxy) is 1. The van der Waals surface area contributed by atoms with E-state index >= 15 is 0 Å². The molecule has 0 saturated heterocycles. The van der Waals surface area contributed by atoms with Gasteiger partial charge in [0.15, 0.2) is 11.6 Å². The summed E-state index contributed by atoms with van der Waals surface area (Å²) in [5, 5.41) is 2.27. The number of carbonyl (C=O) groups is 2. The monoisotopic (exact) mass is 253 g/mol. The van der Waals surface area contributed by atoms with Crippen molar-refractivity contribution in [2.75, 3.05) is 5.32 Å². The maximum atomic E-state index is 13.8. The van der Waals surface area contributed by atoms with Gasteiger partial charge in [0.25, 0.3) is 0 Å². The van der Waals surface area contributed by atoms with Gasteiger partial charge in [-0.1, -0.05) is 6.07 Å². The van der Waals surface area contributed by atoms with Gasteiger partial charge in [0.1, 0.15) is 5.60 Å². The molecular formula is C13H16FNO3. The Morgan fingerprint density at radius 2 is 1.89 bits per heavy atom. The topological polar surface area (TPSA) is 55.4 Å². The zero-order chi connectivity index (χ0) is 13.9. The molecule has 0 radical (unpaired) electrons. The lowest BCUT2D eigenvalue weighted by atomic mass is 10.1. The number of Topliss-reactive ketones (excluding diaryl/α,β-unsaturated/α-hetero) is 1. The first-order chi connectivity index (χ1) is 8.20. The molecule has 1 rings (SSSR count). The third kappa shape index (κ3) is 3.84. The van der Waals surface area contributed by atoms with E-state index in [1.807, 2.05) is 0 Å². The van der Waals surface area contributed by atoms with Crippen LogP contribution in [0.1, 0.15) is 38.1 Å². The minimum absolute atomic E-state index is 0.0661. The lowest BCUT2D eigenvalue weighted by molar-refractivity contribution is 0.0634. The zero-order valence-corrected chi connectivity index (χ0v) is 10.8. The molecule has 0 bridgehead atoms. The molecule has 5 heteroatoms. The van der Waals surface area contributed by atoms with Gasteiger partial charge in [0.2, 0.25) is 0 Å². The van der Waals surface area contributed by atoms with Gasteiger partial charge >= 0.3 is 6.09 Å². The average Bonchev–Trinajstić information content (AvgIpc) is 2.17. The van der Waals surface area contributed by atoms with Crippen LogP contribution in [0, 0.1) is 5.82 Å². The van der Waals surface area contributed by atoms with Crippen molar-refractivity contribution >= 4 is 17.6 Å². The number of anilines is 1. The number of ketones is 1. The summed E-state index contributed by atoms with van der Waals surface area (Å²) in [5.74, 6) is -1.16. The van der Waals surface area contributed by atoms with E-state index < -0.39 is 23.3 Å². The molecule has 18 heavy (non-hydrogen) atoms. The predicted molar refractivity (Wildman–Crippen MR) is 66.3 cm³/mol. The second-order valence-electron chi connectivity index (χ2n) is 4.85. The molecule has 0 aromatic heterocycles. The van der Waals surface area contributed by atoms with Crippen molar-refractivity contribution in [2.45, 2.75) is 33.3 Å². The van der Waals surface area contributed by atoms with E-state index in [2.05, 4.69) is 5.32 Å². The highest BCUT2D eigenvalue weighted by Gasteiger charge is 2.18. The molecule has 0 atom stereocenters. The van der Waals surface area contributed by atoms with Gasteiger partial charge in [-0.2, -0.15) is 0 Å². The molecular weight excluding hydrogens is 237 g/mol. The van der Waals surface area contributed by atoms with E-state index in [1.165, 1.54) is 25.1 Å². The van der Waals surface area contributed by atoms with Gasteiger partial charge in [-0.05, 0) is 39.8 Å². The van der Waals surface area contributed by atoms with Gasteiger partial charge in [0.05, 0.1) is 11.3 Å². The molecule has 0 heterocycles. The van der Waals surface area contributed by atoms with Crippen molar-refractivity contribution < 1.29 is 18.7 Å². The van der Waals surface area contributed by atoms with E-state index in [-0.39, 0.29) is 11.3 Å². The Kier molecular flexibility index (Phi) is 4.06. The number of carbonyl (C=O) groups excluding carboxylic acids is 2. The van der Waals surface area contributed by atoms with Crippen LogP contribution in [0.2, 0.25) is 0 Å². The summed E-state index contributed by atoms with van der Waals surface area (Å²) >= 11 is 0. The van der Waals surface area contributed by atoms with Gasteiger partial charge < -0.3 is 4.74 Å². The van der Waals surface area contributed by atoms with Crippen molar-refractivity contribution in [1.29, 1.82) is 0 Å². The van der Waals surface area contributed by atoms with Crippen molar-refractivity contribution in [2.24, 2.45) is 0 Å². The van der Waals surface area contributed by atoms with Crippen LogP contribution in [-0.2, 0) is 4.74 Å². The highest BCUT2D eigenvalue weighted by atomic mass is 19.1. The lowest BCUT2D eigenvalue weighted by Gasteiger charge is -2.20. The second-order valence-corrected chi connectivity index (χ2v) is 4.85. The highest BCUT2D eigenvalue weighted by Crippen LogP contribution is 2.19. The molecule has 0 fully saturated rings. The molecule has 1 N–H and O–H groups in total. The number of halogens is 1. The number of amides is 1. The predicted octanol–water partition coefficient (Wildman–Crippen LogP) is 3.38. The van der Waals surface area contributed by atoms with Crippen molar-refractivity contribution in [3.8, 4) is 0 Å². The van der Waals surface area contributed by atoms with Gasteiger partial charge in [-0.15, -0.1) is 0 Å². The maximum Gasteiger partial charge on any atom is 0.412 e. The molecule has 1 aromatic carbocycles. The Hall–Kier alpha value is -1.91. The molecule has 4 nitrogen and oxygen atoms in total. The van der Waals surface area contributed by atoms with Crippen LogP contribution in [0.3, 0.4) is 0 Å². The average molecular weight is 253 g/mol. The Labute approximate surface area is 105 Å². The van der Waals surface area contributed by atoms with Crippen LogP contribution in [0.15, 0.2) is 18.2 Å². The van der Waals surface area contributed by atoms with E-state index in [1.54, 1.807) is 20.8 Å². The fraction of sp³-hybridized carbons (Fsp3) is 0.385. The minimum atomic E-state index is -0.762. The van der Waals surface area contributed by atoms with E-state index in [4.69, 9.17) is 4.74 Å². The molecule has 0 unspecified atom stereocenters. The Bertz CT molecular complexity index is 478. The van der Waals surface area contributed by atoms with Crippen LogP contribution >= 0.6 is 0 Å². The summed E-state index contributed by atoms with van der Waals surface area (Å²) in [4.78, 5) is 22.6. The van der Waals surface area contributed by atoms with Crippen LogP contribution in [0.25, 0.3) is 0 Å². The molecule has 1 aromatic rings. The zero-order valence-electron chi connectivity index (χ0n) is 10.8. The highest BCUT2D eigenvalue weighted by molar-refractivity contribution is 5.96. The number of hydrogen-bond donors (Lipinski definition) is 1. The third-order valence-electron chi connectivity index (χ3n) is 2.01. The van der Waals surface area contributed by atoms with Crippen LogP contribution in [0.4, 0.5) is 14.9 Å². The van der Waals surface area contributed by atoms with E-state index in [0.29, 0.717) is 0 Å². The second kappa shape index (κ2) is 5.16. The van der Waals surface area contributed by atoms with Crippen molar-refractivity contribution in [3.05, 3.63) is 29.6 Å². The third-order valence-corrected chi connectivity index (χ3v) is 2.01. The summed E-state index contributed by atoms with van der Waals surface area (Å²) in [6.45, 7) is 6.37. The number of nitrogens with one attached hydrogen (secondary N) is 1. The first-order valence-electron chi connectivity index (χ1n) is 5.50. The molecule has 0 saturated carbocycles. The van der Waals surface area contributed by atoms with Crippen LogP contribution in [0.5, 0.6) is 0 Å². The number of rotatable bonds is 2. The van der Waals surface area contributed by atoms with Gasteiger partial charge in [-0.25, -0.2) is 9.18 Å². The molecule has 98 valence electrons. The summed E-state index contributed by atoms with van der Waals surface area (Å²) in [6.07, 6.45) is -0.762. The summed E-state index contributed by atoms with van der Waals surface area (Å²) in [7, 11) is 0. The van der Waals surface area contributed by atoms with Crippen molar-refractivity contribution in [3.63, 3.8) is 0 Å². The lowest BCUT2D eigenvalue weighted by Crippen LogP contribution is -2.27. The number of hydrogen-bond acceptors (Lipinski definition) is 3. The summed E-state index contributed by atoms with van der Waals surface area (Å²) in [5.41, 5.74) is -0.806. The molecule has 0 aliphatic heterocycles. The normalized spacial score (nSPS) is 10.9. The van der Waals surface area contributed by atoms with Gasteiger partial charge in [-0.3, -0.25) is 10.1 Å². The standard InChI is InChI=1S/C13H16FNO3/c1-8(16)9-6-5-7-10(11(9)14)15-12(17)18-13(2,3)4/h5-7H,1-4H3,(H,15,17). The first-order valence-corrected chi connectivity index (χ1v) is 5.50. The minimum Gasteiger partial charge on any atom is -0.444 e. The Morgan fingerprint density at radius 1 is 1.28 bits per heavy atom. The van der Waals surface area contributed by atoms with Crippen LogP contribution in [-0.4, -0.2) is 17.5 Å². The molecule has 0 aliphatic carbocycles. The largest absolute Gasteiger partial charge is 0.444 e. The smallest absolute Gasteiger partial charge is 0.412 e. The number of benzene rings is 1. The first kappa shape index (κ1) is 14.2. The molecule has 1 amide bonds. The van der Waals surface area contributed by atoms with Gasteiger partial charge in [0, 0.05) is 0 Å². The summed E-state index contributed by atoms with van der Waals surface area (Å²) < 4.78 is 18.8. The fourth-order valence-electron chi connectivity index (χ4n) is 1.31. The molecule has 0 spiro atoms. The SMILES string of the molecule is CC(=O)c1cccc(NC(=O)OC(C)(C)C)c1F. The van der Waals surface area contributed by atoms with E-state index in [9.17, 15) is 14.0 Å². The quantitative estimate of drug-likeness (QED) is 0.822. The maximum absolute atomic E-state index is 13.8. The Morgan fingerprint density at radius 3 is 2.39 bits per heavy atom. The molecule has 0 aliphatic rings.